The highest BCUT2D eigenvalue weighted by Gasteiger charge is 2.26. The van der Waals surface area contributed by atoms with Crippen LogP contribution in [-0.2, 0) is 6.42 Å². The molecule has 2 heterocycles. The van der Waals surface area contributed by atoms with Crippen molar-refractivity contribution >= 4 is 28.1 Å². The first-order valence-corrected chi connectivity index (χ1v) is 9.96. The number of rotatable bonds is 4. The molecule has 1 N–H and O–H groups in total. The highest BCUT2D eigenvalue weighted by molar-refractivity contribution is 6.11. The number of carbonyl (C=O) groups excluding carboxylic acids is 1. The standard InChI is InChI=1S/C23H22N2O5/c1-27-14-8-13(9-15(10-14)28-2)24-23-16-11-20-21(30-7-6-29-20)12-18(16)25-17-4-3-5-19(26)22(17)23/h8-12H,3-7H2,1-2H3,(H,24,25). The fourth-order valence-corrected chi connectivity index (χ4v) is 4.03. The van der Waals surface area contributed by atoms with Crippen molar-refractivity contribution in [1.82, 2.24) is 4.98 Å². The number of Topliss-reactive ketones (excluding diaryl/α,β-unsaturated/α-hetero) is 1. The van der Waals surface area contributed by atoms with Crippen LogP contribution in [0.4, 0.5) is 11.4 Å². The summed E-state index contributed by atoms with van der Waals surface area (Å²) < 4.78 is 22.3. The Morgan fingerprint density at radius 2 is 1.63 bits per heavy atom. The third-order valence-corrected chi connectivity index (χ3v) is 5.44. The van der Waals surface area contributed by atoms with Gasteiger partial charge in [-0.05, 0) is 18.9 Å². The van der Waals surface area contributed by atoms with Crippen LogP contribution in [-0.4, -0.2) is 38.2 Å². The molecular formula is C23H22N2O5. The average molecular weight is 406 g/mol. The van der Waals surface area contributed by atoms with Gasteiger partial charge in [0.1, 0.15) is 24.7 Å². The lowest BCUT2D eigenvalue weighted by atomic mass is 9.91. The topological polar surface area (TPSA) is 78.9 Å². The fourth-order valence-electron chi connectivity index (χ4n) is 4.03. The third kappa shape index (κ3) is 3.16. The molecular weight excluding hydrogens is 384 g/mol. The summed E-state index contributed by atoms with van der Waals surface area (Å²) in [5.41, 5.74) is 3.71. The Morgan fingerprint density at radius 3 is 2.33 bits per heavy atom. The van der Waals surface area contributed by atoms with Crippen LogP contribution in [0.25, 0.3) is 10.9 Å². The van der Waals surface area contributed by atoms with Crippen LogP contribution in [0, 0.1) is 0 Å². The van der Waals surface area contributed by atoms with Gasteiger partial charge in [0.05, 0.1) is 36.7 Å². The minimum atomic E-state index is 0.0953. The van der Waals surface area contributed by atoms with Crippen molar-refractivity contribution in [1.29, 1.82) is 0 Å². The molecule has 0 unspecified atom stereocenters. The molecule has 0 spiro atoms. The van der Waals surface area contributed by atoms with Gasteiger partial charge in [-0.2, -0.15) is 0 Å². The third-order valence-electron chi connectivity index (χ3n) is 5.44. The van der Waals surface area contributed by atoms with Gasteiger partial charge in [0.2, 0.25) is 0 Å². The molecule has 154 valence electrons. The monoisotopic (exact) mass is 406 g/mol. The predicted octanol–water partition coefficient (Wildman–Crippen LogP) is 4.29. The zero-order valence-corrected chi connectivity index (χ0v) is 16.9. The summed E-state index contributed by atoms with van der Waals surface area (Å²) in [7, 11) is 3.21. The van der Waals surface area contributed by atoms with Crippen LogP contribution in [0.1, 0.15) is 28.9 Å². The van der Waals surface area contributed by atoms with Crippen molar-refractivity contribution in [3.63, 3.8) is 0 Å². The Bertz CT molecular complexity index is 1140. The highest BCUT2D eigenvalue weighted by Crippen LogP contribution is 2.41. The molecule has 0 fully saturated rings. The van der Waals surface area contributed by atoms with Crippen LogP contribution in [0.3, 0.4) is 0 Å². The Hall–Kier alpha value is -3.48. The molecule has 0 saturated carbocycles. The van der Waals surface area contributed by atoms with Crippen LogP contribution < -0.4 is 24.3 Å². The van der Waals surface area contributed by atoms with E-state index in [1.807, 2.05) is 24.3 Å². The summed E-state index contributed by atoms with van der Waals surface area (Å²) in [6, 6.07) is 9.33. The number of methoxy groups -OCH3 is 2. The number of pyridine rings is 1. The van der Waals surface area contributed by atoms with Gasteiger partial charge in [-0.3, -0.25) is 9.78 Å². The van der Waals surface area contributed by atoms with Crippen molar-refractivity contribution in [3.8, 4) is 23.0 Å². The molecule has 2 aromatic carbocycles. The first-order chi connectivity index (χ1) is 14.7. The second-order valence-corrected chi connectivity index (χ2v) is 7.32. The Kier molecular flexibility index (Phi) is 4.58. The average Bonchev–Trinajstić information content (AvgIpc) is 2.77. The van der Waals surface area contributed by atoms with Crippen molar-refractivity contribution in [2.45, 2.75) is 19.3 Å². The summed E-state index contributed by atoms with van der Waals surface area (Å²) in [6.07, 6.45) is 2.09. The zero-order valence-electron chi connectivity index (χ0n) is 16.9. The van der Waals surface area contributed by atoms with Gasteiger partial charge in [-0.15, -0.1) is 0 Å². The molecule has 0 saturated heterocycles. The largest absolute Gasteiger partial charge is 0.497 e. The number of hydrogen-bond donors (Lipinski definition) is 1. The van der Waals surface area contributed by atoms with Crippen molar-refractivity contribution < 1.29 is 23.7 Å². The van der Waals surface area contributed by atoms with Crippen LogP contribution >= 0.6 is 0 Å². The van der Waals surface area contributed by atoms with Crippen molar-refractivity contribution in [3.05, 3.63) is 41.6 Å². The molecule has 3 aromatic rings. The lowest BCUT2D eigenvalue weighted by Gasteiger charge is -2.23. The number of fused-ring (bicyclic) bond motifs is 3. The SMILES string of the molecule is COc1cc(Nc2c3c(nc4cc5c(cc24)OCCO5)CCCC3=O)cc(OC)c1. The number of nitrogens with one attached hydrogen (secondary N) is 1. The molecule has 0 bridgehead atoms. The summed E-state index contributed by atoms with van der Waals surface area (Å²) in [5.74, 6) is 2.74. The van der Waals surface area contributed by atoms with Gasteiger partial charge in [0.15, 0.2) is 17.3 Å². The lowest BCUT2D eigenvalue weighted by molar-refractivity contribution is 0.0972. The summed E-state index contributed by atoms with van der Waals surface area (Å²) in [6.45, 7) is 1.00. The molecule has 0 radical (unpaired) electrons. The molecule has 5 rings (SSSR count). The van der Waals surface area contributed by atoms with E-state index < -0.39 is 0 Å². The minimum Gasteiger partial charge on any atom is -0.497 e. The number of ketones is 1. The molecule has 7 heteroatoms. The Balaban J connectivity index is 1.73. The molecule has 1 aliphatic heterocycles. The minimum absolute atomic E-state index is 0.0953. The highest BCUT2D eigenvalue weighted by atomic mass is 16.6. The maximum atomic E-state index is 12.9. The Labute approximate surface area is 173 Å². The second-order valence-electron chi connectivity index (χ2n) is 7.32. The van der Waals surface area contributed by atoms with Crippen LogP contribution in [0.2, 0.25) is 0 Å². The molecule has 0 atom stereocenters. The predicted molar refractivity (Wildman–Crippen MR) is 113 cm³/mol. The Morgan fingerprint density at radius 1 is 0.933 bits per heavy atom. The van der Waals surface area contributed by atoms with Gasteiger partial charge >= 0.3 is 0 Å². The van der Waals surface area contributed by atoms with Crippen molar-refractivity contribution in [2.75, 3.05) is 32.8 Å². The maximum absolute atomic E-state index is 12.9. The molecule has 30 heavy (non-hydrogen) atoms. The number of aryl methyl sites for hydroxylation is 1. The van der Waals surface area contributed by atoms with E-state index in [9.17, 15) is 4.79 Å². The van der Waals surface area contributed by atoms with Crippen LogP contribution in [0.5, 0.6) is 23.0 Å². The molecule has 1 aliphatic carbocycles. The number of benzene rings is 2. The molecule has 7 nitrogen and oxygen atoms in total. The van der Waals surface area contributed by atoms with E-state index in [4.69, 9.17) is 23.9 Å². The number of carbonyl (C=O) groups is 1. The van der Waals surface area contributed by atoms with Gasteiger partial charge in [-0.1, -0.05) is 0 Å². The maximum Gasteiger partial charge on any atom is 0.166 e. The van der Waals surface area contributed by atoms with E-state index in [2.05, 4.69) is 5.32 Å². The van der Waals surface area contributed by atoms with Gasteiger partial charge < -0.3 is 24.3 Å². The fraction of sp³-hybridized carbons (Fsp3) is 0.304. The number of nitrogens with zero attached hydrogens (tertiary/aromatic N) is 1. The lowest BCUT2D eigenvalue weighted by Crippen LogP contribution is -2.17. The number of ether oxygens (including phenoxy) is 4. The van der Waals surface area contributed by atoms with Gasteiger partial charge in [-0.25, -0.2) is 0 Å². The molecule has 1 aromatic heterocycles. The number of hydrogen-bond acceptors (Lipinski definition) is 7. The number of aromatic nitrogens is 1. The first kappa shape index (κ1) is 18.5. The normalized spacial score (nSPS) is 14.9. The second kappa shape index (κ2) is 7.40. The molecule has 2 aliphatic rings. The van der Waals surface area contributed by atoms with E-state index in [1.165, 1.54) is 0 Å². The van der Waals surface area contributed by atoms with Crippen molar-refractivity contribution in [2.24, 2.45) is 0 Å². The summed E-state index contributed by atoms with van der Waals surface area (Å²) in [4.78, 5) is 17.7. The van der Waals surface area contributed by atoms with E-state index in [0.29, 0.717) is 48.2 Å². The van der Waals surface area contributed by atoms with Gasteiger partial charge in [0, 0.05) is 41.8 Å². The quantitative estimate of drug-likeness (QED) is 0.693. The van der Waals surface area contributed by atoms with E-state index in [-0.39, 0.29) is 5.78 Å². The van der Waals surface area contributed by atoms with E-state index in [1.54, 1.807) is 20.3 Å². The van der Waals surface area contributed by atoms with E-state index in [0.717, 1.165) is 40.8 Å². The first-order valence-electron chi connectivity index (χ1n) is 9.96. The zero-order chi connectivity index (χ0) is 20.7. The smallest absolute Gasteiger partial charge is 0.166 e. The summed E-state index contributed by atoms with van der Waals surface area (Å²) >= 11 is 0. The summed E-state index contributed by atoms with van der Waals surface area (Å²) in [5, 5.41) is 4.26. The molecule has 0 amide bonds. The van der Waals surface area contributed by atoms with Gasteiger partial charge in [0.25, 0.3) is 0 Å². The van der Waals surface area contributed by atoms with E-state index >= 15 is 0 Å². The van der Waals surface area contributed by atoms with Crippen LogP contribution in [0.15, 0.2) is 30.3 Å². The number of anilines is 2.